The van der Waals surface area contributed by atoms with E-state index in [2.05, 4.69) is 90.0 Å². The Morgan fingerprint density at radius 1 is 1.07 bits per heavy atom. The predicted molar refractivity (Wildman–Crippen MR) is 117 cm³/mol. The third kappa shape index (κ3) is 4.91. The molecule has 7 heteroatoms. The van der Waals surface area contributed by atoms with E-state index in [4.69, 9.17) is 5.73 Å². The number of nitrogens with one attached hydrogen (secondary N) is 1. The van der Waals surface area contributed by atoms with E-state index in [0.717, 1.165) is 34.3 Å². The molecule has 6 nitrogen and oxygen atoms in total. The molecule has 1 atom stereocenters. The second-order valence-corrected chi connectivity index (χ2v) is 8.58. The average Bonchev–Trinajstić information content (AvgIpc) is 3.25. The lowest BCUT2D eigenvalue weighted by molar-refractivity contribution is 0.310. The highest BCUT2D eigenvalue weighted by atomic mass is 79.9. The number of aromatic nitrogens is 4. The Balaban J connectivity index is 1.62. The van der Waals surface area contributed by atoms with Gasteiger partial charge in [0.1, 0.15) is 0 Å². The van der Waals surface area contributed by atoms with Crippen LogP contribution in [0, 0.1) is 0 Å². The molecule has 1 aliphatic carbocycles. The fourth-order valence-corrected chi connectivity index (χ4v) is 4.34. The molecular weight excluding hydrogens is 428 g/mol. The molecular formula is C22H27BrN6. The Morgan fingerprint density at radius 2 is 1.83 bits per heavy atom. The Hall–Kier alpha value is -2.09. The largest absolute Gasteiger partial charge is 0.326 e. The quantitative estimate of drug-likeness (QED) is 0.556. The van der Waals surface area contributed by atoms with Crippen molar-refractivity contribution < 1.29 is 0 Å². The van der Waals surface area contributed by atoms with Crippen LogP contribution in [-0.2, 0) is 13.1 Å². The standard InChI is InChI=1S/C22H27BrN6/c23-19-11-9-18(10-12-19)21(25-15-17-6-4-5-16(13-17)14-24)22-26-27-28-29(22)20-7-2-1-3-8-20/h4-6,9-13,20-21,25H,1-3,7-8,14-15,24H2. The van der Waals surface area contributed by atoms with Crippen LogP contribution in [0.1, 0.15) is 66.7 Å². The molecule has 0 aliphatic heterocycles. The van der Waals surface area contributed by atoms with Gasteiger partial charge in [0.05, 0.1) is 12.1 Å². The fourth-order valence-electron chi connectivity index (χ4n) is 4.08. The second-order valence-electron chi connectivity index (χ2n) is 7.66. The van der Waals surface area contributed by atoms with Gasteiger partial charge in [-0.25, -0.2) is 4.68 Å². The normalized spacial score (nSPS) is 16.1. The van der Waals surface area contributed by atoms with Gasteiger partial charge in [-0.2, -0.15) is 0 Å². The zero-order valence-corrected chi connectivity index (χ0v) is 18.1. The molecule has 0 bridgehead atoms. The smallest absolute Gasteiger partial charge is 0.173 e. The molecule has 1 unspecified atom stereocenters. The zero-order chi connectivity index (χ0) is 20.1. The number of hydrogen-bond acceptors (Lipinski definition) is 5. The molecule has 1 heterocycles. The number of halogens is 1. The van der Waals surface area contributed by atoms with Gasteiger partial charge in [0.15, 0.2) is 5.82 Å². The van der Waals surface area contributed by atoms with Gasteiger partial charge in [-0.3, -0.25) is 5.32 Å². The third-order valence-electron chi connectivity index (χ3n) is 5.64. The van der Waals surface area contributed by atoms with Crippen LogP contribution in [-0.4, -0.2) is 20.2 Å². The van der Waals surface area contributed by atoms with Gasteiger partial charge in [-0.1, -0.05) is 71.6 Å². The van der Waals surface area contributed by atoms with Crippen LogP contribution < -0.4 is 11.1 Å². The maximum Gasteiger partial charge on any atom is 0.173 e. The molecule has 152 valence electrons. The average molecular weight is 455 g/mol. The minimum Gasteiger partial charge on any atom is -0.326 e. The van der Waals surface area contributed by atoms with E-state index in [1.54, 1.807) is 0 Å². The van der Waals surface area contributed by atoms with Gasteiger partial charge in [-0.05, 0) is 52.1 Å². The number of nitrogens with two attached hydrogens (primary N) is 1. The molecule has 0 saturated heterocycles. The maximum absolute atomic E-state index is 5.80. The molecule has 1 fully saturated rings. The van der Waals surface area contributed by atoms with E-state index in [1.165, 1.54) is 24.8 Å². The maximum atomic E-state index is 5.80. The van der Waals surface area contributed by atoms with Crippen molar-refractivity contribution in [3.8, 4) is 0 Å². The van der Waals surface area contributed by atoms with Gasteiger partial charge in [0, 0.05) is 17.6 Å². The van der Waals surface area contributed by atoms with Crippen LogP contribution in [0.25, 0.3) is 0 Å². The van der Waals surface area contributed by atoms with Crippen molar-refractivity contribution in [3.05, 3.63) is 75.5 Å². The van der Waals surface area contributed by atoms with Crippen molar-refractivity contribution in [1.82, 2.24) is 25.5 Å². The fraction of sp³-hybridized carbons (Fsp3) is 0.409. The highest BCUT2D eigenvalue weighted by Gasteiger charge is 2.26. The molecule has 0 amide bonds. The Bertz CT molecular complexity index is 917. The van der Waals surface area contributed by atoms with Crippen LogP contribution in [0.15, 0.2) is 53.0 Å². The molecule has 2 aromatic carbocycles. The van der Waals surface area contributed by atoms with Crippen molar-refractivity contribution in [2.75, 3.05) is 0 Å². The van der Waals surface area contributed by atoms with Gasteiger partial charge in [-0.15, -0.1) is 5.10 Å². The number of benzene rings is 2. The lowest BCUT2D eigenvalue weighted by atomic mass is 9.95. The van der Waals surface area contributed by atoms with E-state index in [9.17, 15) is 0 Å². The number of nitrogens with zero attached hydrogens (tertiary/aromatic N) is 4. The first-order valence-corrected chi connectivity index (χ1v) is 11.1. The summed E-state index contributed by atoms with van der Waals surface area (Å²) in [5.74, 6) is 0.884. The molecule has 1 aromatic heterocycles. The first-order chi connectivity index (χ1) is 14.2. The van der Waals surface area contributed by atoms with Crippen LogP contribution in [0.2, 0.25) is 0 Å². The van der Waals surface area contributed by atoms with Crippen molar-refractivity contribution >= 4 is 15.9 Å². The number of rotatable bonds is 7. The first-order valence-electron chi connectivity index (χ1n) is 10.3. The number of hydrogen-bond donors (Lipinski definition) is 2. The summed E-state index contributed by atoms with van der Waals surface area (Å²) in [5, 5.41) is 16.5. The van der Waals surface area contributed by atoms with Crippen LogP contribution in [0.5, 0.6) is 0 Å². The van der Waals surface area contributed by atoms with E-state index >= 15 is 0 Å². The third-order valence-corrected chi connectivity index (χ3v) is 6.17. The topological polar surface area (TPSA) is 81.7 Å². The summed E-state index contributed by atoms with van der Waals surface area (Å²) in [6.07, 6.45) is 6.07. The number of tetrazole rings is 1. The highest BCUT2D eigenvalue weighted by molar-refractivity contribution is 9.10. The second kappa shape index (κ2) is 9.61. The molecule has 0 radical (unpaired) electrons. The predicted octanol–water partition coefficient (Wildman–Crippen LogP) is 4.28. The van der Waals surface area contributed by atoms with E-state index in [1.807, 2.05) is 0 Å². The Labute approximate surface area is 180 Å². The molecule has 1 saturated carbocycles. The Morgan fingerprint density at radius 3 is 2.59 bits per heavy atom. The lowest BCUT2D eigenvalue weighted by Gasteiger charge is -2.25. The summed E-state index contributed by atoms with van der Waals surface area (Å²) in [6.45, 7) is 1.26. The molecule has 3 aromatic rings. The minimum atomic E-state index is -0.0819. The van der Waals surface area contributed by atoms with Crippen molar-refractivity contribution in [2.24, 2.45) is 5.73 Å². The van der Waals surface area contributed by atoms with Crippen LogP contribution in [0.3, 0.4) is 0 Å². The van der Waals surface area contributed by atoms with Crippen molar-refractivity contribution in [2.45, 2.75) is 57.3 Å². The highest BCUT2D eigenvalue weighted by Crippen LogP contribution is 2.31. The summed E-state index contributed by atoms with van der Waals surface area (Å²) in [6, 6.07) is 17.1. The molecule has 4 rings (SSSR count). The van der Waals surface area contributed by atoms with E-state index in [0.29, 0.717) is 19.1 Å². The summed E-state index contributed by atoms with van der Waals surface area (Å²) in [7, 11) is 0. The van der Waals surface area contributed by atoms with E-state index < -0.39 is 0 Å². The zero-order valence-electron chi connectivity index (χ0n) is 16.5. The molecule has 29 heavy (non-hydrogen) atoms. The first kappa shape index (κ1) is 20.2. The summed E-state index contributed by atoms with van der Waals surface area (Å²) < 4.78 is 3.11. The van der Waals surface area contributed by atoms with Gasteiger partial charge in [0.2, 0.25) is 0 Å². The molecule has 1 aliphatic rings. The van der Waals surface area contributed by atoms with Gasteiger partial charge >= 0.3 is 0 Å². The van der Waals surface area contributed by atoms with Crippen molar-refractivity contribution in [3.63, 3.8) is 0 Å². The summed E-state index contributed by atoms with van der Waals surface area (Å²) in [5.41, 5.74) is 9.29. The van der Waals surface area contributed by atoms with Crippen LogP contribution >= 0.6 is 15.9 Å². The van der Waals surface area contributed by atoms with Gasteiger partial charge in [0.25, 0.3) is 0 Å². The van der Waals surface area contributed by atoms with Crippen molar-refractivity contribution in [1.29, 1.82) is 0 Å². The summed E-state index contributed by atoms with van der Waals surface area (Å²) in [4.78, 5) is 0. The SMILES string of the molecule is NCc1cccc(CNC(c2ccc(Br)cc2)c2nnnn2C2CCCCC2)c1. The van der Waals surface area contributed by atoms with E-state index in [-0.39, 0.29) is 6.04 Å². The van der Waals surface area contributed by atoms with Gasteiger partial charge < -0.3 is 5.73 Å². The molecule has 0 spiro atoms. The summed E-state index contributed by atoms with van der Waals surface area (Å²) >= 11 is 3.53. The Kier molecular flexibility index (Phi) is 6.69. The lowest BCUT2D eigenvalue weighted by Crippen LogP contribution is -2.28. The molecule has 3 N–H and O–H groups in total. The van der Waals surface area contributed by atoms with Crippen LogP contribution in [0.4, 0.5) is 0 Å². The minimum absolute atomic E-state index is 0.0819. The monoisotopic (exact) mass is 454 g/mol.